The predicted molar refractivity (Wildman–Crippen MR) is 86.0 cm³/mol. The van der Waals surface area contributed by atoms with Crippen LogP contribution >= 0.6 is 0 Å². The van der Waals surface area contributed by atoms with Crippen molar-refractivity contribution in [3.05, 3.63) is 69.8 Å². The molecule has 0 saturated carbocycles. The number of non-ortho nitro benzene ring substituents is 1. The Labute approximate surface area is 130 Å². The van der Waals surface area contributed by atoms with E-state index >= 15 is 0 Å². The molecule has 0 bridgehead atoms. The molecule has 0 aliphatic rings. The van der Waals surface area contributed by atoms with Gasteiger partial charge in [-0.2, -0.15) is 0 Å². The second-order valence-electron chi connectivity index (χ2n) is 5.04. The van der Waals surface area contributed by atoms with Gasteiger partial charge in [-0.25, -0.2) is 0 Å². The van der Waals surface area contributed by atoms with E-state index in [1.54, 1.807) is 19.2 Å². The Kier molecular flexibility index (Phi) is 5.49. The molecule has 0 saturated heterocycles. The minimum atomic E-state index is -0.386. The number of benzene rings is 2. The molecule has 0 aliphatic carbocycles. The molecule has 2 aromatic rings. The Bertz CT molecular complexity index is 609. The van der Waals surface area contributed by atoms with Crippen molar-refractivity contribution >= 4 is 5.69 Å². The zero-order valence-electron chi connectivity index (χ0n) is 12.8. The number of nitrogens with zero attached hydrogens (tertiary/aromatic N) is 1. The lowest BCUT2D eigenvalue weighted by atomic mass is 10.0. The molecular weight excluding hydrogens is 280 g/mol. The minimum Gasteiger partial charge on any atom is -0.497 e. The van der Waals surface area contributed by atoms with Crippen molar-refractivity contribution in [1.82, 2.24) is 5.32 Å². The van der Waals surface area contributed by atoms with Crippen molar-refractivity contribution in [2.45, 2.75) is 25.9 Å². The average molecular weight is 300 g/mol. The maximum atomic E-state index is 10.6. The Morgan fingerprint density at radius 1 is 1.14 bits per heavy atom. The van der Waals surface area contributed by atoms with Gasteiger partial charge in [-0.05, 0) is 29.7 Å². The summed E-state index contributed by atoms with van der Waals surface area (Å²) < 4.78 is 5.17. The van der Waals surface area contributed by atoms with Crippen LogP contribution in [-0.4, -0.2) is 12.0 Å². The highest BCUT2D eigenvalue weighted by atomic mass is 16.6. The number of nitro benzene ring substituents is 1. The van der Waals surface area contributed by atoms with Crippen molar-refractivity contribution in [3.8, 4) is 5.75 Å². The third kappa shape index (κ3) is 4.05. The van der Waals surface area contributed by atoms with Crippen LogP contribution in [0.15, 0.2) is 48.5 Å². The zero-order valence-corrected chi connectivity index (χ0v) is 12.8. The molecule has 1 unspecified atom stereocenters. The highest BCUT2D eigenvalue weighted by Crippen LogP contribution is 2.21. The maximum Gasteiger partial charge on any atom is 0.269 e. The van der Waals surface area contributed by atoms with E-state index in [1.807, 2.05) is 12.1 Å². The van der Waals surface area contributed by atoms with Crippen LogP contribution in [0.3, 0.4) is 0 Å². The minimum absolute atomic E-state index is 0.117. The van der Waals surface area contributed by atoms with Crippen molar-refractivity contribution < 1.29 is 9.66 Å². The van der Waals surface area contributed by atoms with E-state index in [0.29, 0.717) is 6.54 Å². The van der Waals surface area contributed by atoms with E-state index in [1.165, 1.54) is 17.7 Å². The van der Waals surface area contributed by atoms with Crippen LogP contribution in [0.5, 0.6) is 5.75 Å². The van der Waals surface area contributed by atoms with Crippen molar-refractivity contribution in [2.75, 3.05) is 7.11 Å². The summed E-state index contributed by atoms with van der Waals surface area (Å²) in [4.78, 5) is 10.3. The Balaban J connectivity index is 1.99. The monoisotopic (exact) mass is 300 g/mol. The molecule has 0 amide bonds. The molecule has 0 aromatic heterocycles. The lowest BCUT2D eigenvalue weighted by molar-refractivity contribution is -0.384. The van der Waals surface area contributed by atoms with Gasteiger partial charge in [-0.1, -0.05) is 31.2 Å². The first-order valence-electron chi connectivity index (χ1n) is 7.24. The third-order valence-corrected chi connectivity index (χ3v) is 3.63. The molecular formula is C17H20N2O3. The third-order valence-electron chi connectivity index (χ3n) is 3.63. The summed E-state index contributed by atoms with van der Waals surface area (Å²) in [7, 11) is 1.65. The van der Waals surface area contributed by atoms with Gasteiger partial charge in [0.15, 0.2) is 0 Å². The van der Waals surface area contributed by atoms with Gasteiger partial charge in [-0.15, -0.1) is 0 Å². The van der Waals surface area contributed by atoms with Crippen LogP contribution in [0, 0.1) is 10.1 Å². The first kappa shape index (κ1) is 16.0. The molecule has 116 valence electrons. The second-order valence-corrected chi connectivity index (χ2v) is 5.04. The van der Waals surface area contributed by atoms with Crippen LogP contribution in [0.2, 0.25) is 0 Å². The largest absolute Gasteiger partial charge is 0.497 e. The fourth-order valence-corrected chi connectivity index (χ4v) is 2.31. The van der Waals surface area contributed by atoms with E-state index in [0.717, 1.165) is 17.7 Å². The van der Waals surface area contributed by atoms with E-state index < -0.39 is 0 Å². The fraction of sp³-hybridized carbons (Fsp3) is 0.294. The number of methoxy groups -OCH3 is 1. The molecule has 5 nitrogen and oxygen atoms in total. The molecule has 22 heavy (non-hydrogen) atoms. The van der Waals surface area contributed by atoms with Crippen molar-refractivity contribution in [1.29, 1.82) is 0 Å². The van der Waals surface area contributed by atoms with E-state index in [4.69, 9.17) is 4.74 Å². The molecule has 1 atom stereocenters. The number of rotatable bonds is 7. The topological polar surface area (TPSA) is 64.4 Å². The Hall–Kier alpha value is -2.40. The van der Waals surface area contributed by atoms with Crippen LogP contribution < -0.4 is 10.1 Å². The molecule has 1 N–H and O–H groups in total. The van der Waals surface area contributed by atoms with Gasteiger partial charge < -0.3 is 10.1 Å². The SMILES string of the molecule is CCC(NCc1ccc([N+](=O)[O-])cc1)c1ccc(OC)cc1. The van der Waals surface area contributed by atoms with Gasteiger partial charge in [0.05, 0.1) is 12.0 Å². The summed E-state index contributed by atoms with van der Waals surface area (Å²) in [5, 5.41) is 14.1. The highest BCUT2D eigenvalue weighted by Gasteiger charge is 2.09. The summed E-state index contributed by atoms with van der Waals surface area (Å²) >= 11 is 0. The van der Waals surface area contributed by atoms with Crippen LogP contribution in [0.1, 0.15) is 30.5 Å². The Morgan fingerprint density at radius 2 is 1.77 bits per heavy atom. The second kappa shape index (κ2) is 7.56. The standard InChI is InChI=1S/C17H20N2O3/c1-3-17(14-6-10-16(22-2)11-7-14)18-12-13-4-8-15(9-5-13)19(20)21/h4-11,17-18H,3,12H2,1-2H3. The van der Waals surface area contributed by atoms with Gasteiger partial charge in [-0.3, -0.25) is 10.1 Å². The van der Waals surface area contributed by atoms with Crippen LogP contribution in [0.25, 0.3) is 0 Å². The summed E-state index contributed by atoms with van der Waals surface area (Å²) in [6, 6.07) is 14.9. The predicted octanol–water partition coefficient (Wildman–Crippen LogP) is 3.84. The van der Waals surface area contributed by atoms with Crippen LogP contribution in [0.4, 0.5) is 5.69 Å². The molecule has 5 heteroatoms. The molecule has 0 aliphatic heterocycles. The highest BCUT2D eigenvalue weighted by molar-refractivity contribution is 5.33. The van der Waals surface area contributed by atoms with Crippen molar-refractivity contribution in [2.24, 2.45) is 0 Å². The number of hydrogen-bond donors (Lipinski definition) is 1. The van der Waals surface area contributed by atoms with Crippen molar-refractivity contribution in [3.63, 3.8) is 0 Å². The van der Waals surface area contributed by atoms with Gasteiger partial charge >= 0.3 is 0 Å². The summed E-state index contributed by atoms with van der Waals surface area (Å²) in [6.45, 7) is 2.79. The molecule has 0 radical (unpaired) electrons. The fourth-order valence-electron chi connectivity index (χ4n) is 2.31. The first-order valence-corrected chi connectivity index (χ1v) is 7.24. The maximum absolute atomic E-state index is 10.6. The summed E-state index contributed by atoms with van der Waals surface area (Å²) in [6.07, 6.45) is 0.958. The van der Waals surface area contributed by atoms with Gasteiger partial charge in [0.1, 0.15) is 5.75 Å². The van der Waals surface area contributed by atoms with Gasteiger partial charge in [0.2, 0.25) is 0 Å². The molecule has 2 rings (SSSR count). The molecule has 2 aromatic carbocycles. The van der Waals surface area contributed by atoms with E-state index in [-0.39, 0.29) is 16.7 Å². The van der Waals surface area contributed by atoms with Crippen LogP contribution in [-0.2, 0) is 6.54 Å². The molecule has 0 heterocycles. The smallest absolute Gasteiger partial charge is 0.269 e. The van der Waals surface area contributed by atoms with Gasteiger partial charge in [0, 0.05) is 24.7 Å². The number of hydrogen-bond acceptors (Lipinski definition) is 4. The number of nitrogens with one attached hydrogen (secondary N) is 1. The molecule has 0 fully saturated rings. The first-order chi connectivity index (χ1) is 10.6. The zero-order chi connectivity index (χ0) is 15.9. The summed E-state index contributed by atoms with van der Waals surface area (Å²) in [5.74, 6) is 0.842. The van der Waals surface area contributed by atoms with E-state index in [2.05, 4.69) is 24.4 Å². The van der Waals surface area contributed by atoms with E-state index in [9.17, 15) is 10.1 Å². The van der Waals surface area contributed by atoms with Gasteiger partial charge in [0.25, 0.3) is 5.69 Å². The lowest BCUT2D eigenvalue weighted by Gasteiger charge is -2.18. The number of nitro groups is 1. The quantitative estimate of drug-likeness (QED) is 0.623. The lowest BCUT2D eigenvalue weighted by Crippen LogP contribution is -2.20. The molecule has 0 spiro atoms. The Morgan fingerprint density at radius 3 is 2.27 bits per heavy atom. The normalized spacial score (nSPS) is 11.9. The average Bonchev–Trinajstić information content (AvgIpc) is 2.56. The number of ether oxygens (including phenoxy) is 1. The summed E-state index contributed by atoms with van der Waals surface area (Å²) in [5.41, 5.74) is 2.34.